The molecule has 0 amide bonds. The molecule has 0 saturated carbocycles. The number of nitrogens with two attached hydrogens (primary N) is 1. The molecule has 0 unspecified atom stereocenters. The van der Waals surface area contributed by atoms with Crippen LogP contribution < -0.4 is 5.73 Å². The lowest BCUT2D eigenvalue weighted by molar-refractivity contribution is -0.134. The summed E-state index contributed by atoms with van der Waals surface area (Å²) in [5.41, 5.74) is 5.28. The Kier molecular flexibility index (Phi) is 4.01. The number of aryl methyl sites for hydroxylation is 2. The zero-order valence-corrected chi connectivity index (χ0v) is 8.04. The lowest BCUT2D eigenvalue weighted by atomic mass is 10.3. The van der Waals surface area contributed by atoms with Crippen molar-refractivity contribution in [1.82, 2.24) is 20.2 Å². The van der Waals surface area contributed by atoms with Crippen molar-refractivity contribution in [3.05, 3.63) is 5.82 Å². The fourth-order valence-corrected chi connectivity index (χ4v) is 1.07. The summed E-state index contributed by atoms with van der Waals surface area (Å²) in [6, 6.07) is 0. The lowest BCUT2D eigenvalue weighted by Crippen LogP contribution is -2.14. The molecule has 1 heterocycles. The Morgan fingerprint density at radius 1 is 1.33 bits per heavy atom. The maximum atomic E-state index is 11.9. The van der Waals surface area contributed by atoms with Crippen molar-refractivity contribution in [2.24, 2.45) is 5.73 Å². The number of hydrogen-bond acceptors (Lipinski definition) is 4. The summed E-state index contributed by atoms with van der Waals surface area (Å²) in [4.78, 5) is 0. The van der Waals surface area contributed by atoms with E-state index in [0.717, 1.165) is 0 Å². The molecule has 8 heteroatoms. The highest BCUT2D eigenvalue weighted by molar-refractivity contribution is 4.82. The van der Waals surface area contributed by atoms with E-state index in [9.17, 15) is 13.2 Å². The molecule has 0 atom stereocenters. The SMILES string of the molecule is NCCCn1nnnc1CCC(F)(F)F. The highest BCUT2D eigenvalue weighted by atomic mass is 19.4. The number of nitrogens with zero attached hydrogens (tertiary/aromatic N) is 4. The summed E-state index contributed by atoms with van der Waals surface area (Å²) in [5.74, 6) is 0.251. The van der Waals surface area contributed by atoms with Crippen LogP contribution in [0.4, 0.5) is 13.2 Å². The monoisotopic (exact) mass is 223 g/mol. The molecular formula is C7H12F3N5. The predicted molar refractivity (Wildman–Crippen MR) is 45.9 cm³/mol. The molecule has 0 saturated heterocycles. The van der Waals surface area contributed by atoms with Gasteiger partial charge in [-0.05, 0) is 23.4 Å². The Bertz CT molecular complexity index is 295. The Morgan fingerprint density at radius 2 is 2.07 bits per heavy atom. The Balaban J connectivity index is 2.50. The highest BCUT2D eigenvalue weighted by Gasteiger charge is 2.27. The first-order chi connectivity index (χ1) is 7.03. The minimum absolute atomic E-state index is 0.193. The number of rotatable bonds is 5. The van der Waals surface area contributed by atoms with E-state index in [1.807, 2.05) is 0 Å². The molecular weight excluding hydrogens is 211 g/mol. The molecule has 0 bridgehead atoms. The molecule has 0 aliphatic rings. The van der Waals surface area contributed by atoms with E-state index in [1.54, 1.807) is 0 Å². The first-order valence-electron chi connectivity index (χ1n) is 4.55. The van der Waals surface area contributed by atoms with E-state index >= 15 is 0 Å². The van der Waals surface area contributed by atoms with Crippen LogP contribution in [0.15, 0.2) is 0 Å². The molecule has 1 aromatic heterocycles. The van der Waals surface area contributed by atoms with Gasteiger partial charge in [0.15, 0.2) is 5.82 Å². The third kappa shape index (κ3) is 4.24. The quantitative estimate of drug-likeness (QED) is 0.789. The normalized spacial score (nSPS) is 12.0. The van der Waals surface area contributed by atoms with E-state index in [0.29, 0.717) is 19.5 Å². The molecule has 5 nitrogen and oxygen atoms in total. The number of hydrogen-bond donors (Lipinski definition) is 1. The van der Waals surface area contributed by atoms with E-state index in [4.69, 9.17) is 5.73 Å². The molecule has 1 rings (SSSR count). The summed E-state index contributed by atoms with van der Waals surface area (Å²) in [7, 11) is 0. The highest BCUT2D eigenvalue weighted by Crippen LogP contribution is 2.21. The van der Waals surface area contributed by atoms with Crippen molar-refractivity contribution >= 4 is 0 Å². The Morgan fingerprint density at radius 3 is 2.67 bits per heavy atom. The average molecular weight is 223 g/mol. The number of halogens is 3. The van der Waals surface area contributed by atoms with Crippen LogP contribution in [0.2, 0.25) is 0 Å². The van der Waals surface area contributed by atoms with Crippen molar-refractivity contribution in [3.63, 3.8) is 0 Å². The topological polar surface area (TPSA) is 69.6 Å². The van der Waals surface area contributed by atoms with E-state index in [-0.39, 0.29) is 12.2 Å². The van der Waals surface area contributed by atoms with Crippen LogP contribution in [0.3, 0.4) is 0 Å². The summed E-state index contributed by atoms with van der Waals surface area (Å²) in [6.45, 7) is 0.912. The van der Waals surface area contributed by atoms with Crippen molar-refractivity contribution in [3.8, 4) is 0 Å². The second-order valence-electron chi connectivity index (χ2n) is 3.08. The average Bonchev–Trinajstić information content (AvgIpc) is 2.57. The Labute approximate surface area is 84.4 Å². The van der Waals surface area contributed by atoms with E-state index < -0.39 is 12.6 Å². The van der Waals surface area contributed by atoms with Crippen LogP contribution in [0.5, 0.6) is 0 Å². The minimum atomic E-state index is -4.18. The number of tetrazole rings is 1. The molecule has 0 spiro atoms. The molecule has 2 N–H and O–H groups in total. The van der Waals surface area contributed by atoms with Crippen molar-refractivity contribution in [2.75, 3.05) is 6.54 Å². The van der Waals surface area contributed by atoms with Crippen molar-refractivity contribution in [2.45, 2.75) is 32.0 Å². The van der Waals surface area contributed by atoms with Gasteiger partial charge in [0, 0.05) is 13.0 Å². The predicted octanol–water partition coefficient (Wildman–Crippen LogP) is 0.517. The maximum Gasteiger partial charge on any atom is 0.389 e. The fraction of sp³-hybridized carbons (Fsp3) is 0.857. The van der Waals surface area contributed by atoms with Crippen LogP contribution in [0, 0.1) is 0 Å². The second-order valence-corrected chi connectivity index (χ2v) is 3.08. The van der Waals surface area contributed by atoms with Gasteiger partial charge in [0.1, 0.15) is 0 Å². The van der Waals surface area contributed by atoms with Gasteiger partial charge >= 0.3 is 6.18 Å². The summed E-state index contributed by atoms with van der Waals surface area (Å²) in [5, 5.41) is 10.5. The zero-order chi connectivity index (χ0) is 11.3. The number of aromatic nitrogens is 4. The van der Waals surface area contributed by atoms with Crippen LogP contribution in [-0.4, -0.2) is 32.9 Å². The molecule has 1 aromatic rings. The minimum Gasteiger partial charge on any atom is -0.330 e. The summed E-state index contributed by atoms with van der Waals surface area (Å²) >= 11 is 0. The fourth-order valence-electron chi connectivity index (χ4n) is 1.07. The van der Waals surface area contributed by atoms with Gasteiger partial charge in [0.2, 0.25) is 0 Å². The van der Waals surface area contributed by atoms with E-state index in [1.165, 1.54) is 4.68 Å². The standard InChI is InChI=1S/C7H12F3N5/c8-7(9,10)3-2-6-12-13-14-15(6)5-1-4-11/h1-5,11H2. The van der Waals surface area contributed by atoms with Gasteiger partial charge in [-0.15, -0.1) is 5.10 Å². The van der Waals surface area contributed by atoms with E-state index in [2.05, 4.69) is 15.5 Å². The summed E-state index contributed by atoms with van der Waals surface area (Å²) in [6.07, 6.45) is -4.63. The molecule has 15 heavy (non-hydrogen) atoms. The van der Waals surface area contributed by atoms with Gasteiger partial charge in [-0.25, -0.2) is 4.68 Å². The molecule has 0 aromatic carbocycles. The first kappa shape index (κ1) is 11.9. The van der Waals surface area contributed by atoms with Gasteiger partial charge in [-0.1, -0.05) is 0 Å². The number of alkyl halides is 3. The van der Waals surface area contributed by atoms with Gasteiger partial charge in [0.25, 0.3) is 0 Å². The van der Waals surface area contributed by atoms with Gasteiger partial charge < -0.3 is 5.73 Å². The first-order valence-corrected chi connectivity index (χ1v) is 4.55. The van der Waals surface area contributed by atoms with Crippen LogP contribution in [0.25, 0.3) is 0 Å². The van der Waals surface area contributed by atoms with Crippen LogP contribution >= 0.6 is 0 Å². The van der Waals surface area contributed by atoms with Gasteiger partial charge in [-0.2, -0.15) is 13.2 Å². The molecule has 0 aliphatic carbocycles. The lowest BCUT2D eigenvalue weighted by Gasteiger charge is -2.06. The zero-order valence-electron chi connectivity index (χ0n) is 8.04. The molecule has 0 fully saturated rings. The smallest absolute Gasteiger partial charge is 0.330 e. The summed E-state index contributed by atoms with van der Waals surface area (Å²) < 4.78 is 37.2. The van der Waals surface area contributed by atoms with Crippen molar-refractivity contribution < 1.29 is 13.2 Å². The van der Waals surface area contributed by atoms with Crippen LogP contribution in [-0.2, 0) is 13.0 Å². The second kappa shape index (κ2) is 5.06. The van der Waals surface area contributed by atoms with Crippen molar-refractivity contribution in [1.29, 1.82) is 0 Å². The van der Waals surface area contributed by atoms with Gasteiger partial charge in [-0.3, -0.25) is 0 Å². The largest absolute Gasteiger partial charge is 0.389 e. The third-order valence-corrected chi connectivity index (χ3v) is 1.81. The molecule has 86 valence electrons. The Hall–Kier alpha value is -1.18. The molecule has 0 aliphatic heterocycles. The maximum absolute atomic E-state index is 11.9. The third-order valence-electron chi connectivity index (χ3n) is 1.81. The van der Waals surface area contributed by atoms with Gasteiger partial charge in [0.05, 0.1) is 6.42 Å². The van der Waals surface area contributed by atoms with Crippen LogP contribution in [0.1, 0.15) is 18.7 Å². The molecule has 0 radical (unpaired) electrons.